The maximum absolute atomic E-state index is 12.0. The molecule has 0 fully saturated rings. The second kappa shape index (κ2) is 9.67. The number of benzene rings is 3. The molecule has 0 aromatic heterocycles. The van der Waals surface area contributed by atoms with E-state index in [1.807, 2.05) is 31.2 Å². The van der Waals surface area contributed by atoms with Crippen LogP contribution in [0.2, 0.25) is 0 Å². The highest BCUT2D eigenvalue weighted by Crippen LogP contribution is 2.32. The fourth-order valence-corrected chi connectivity index (χ4v) is 4.36. The second-order valence-electron chi connectivity index (χ2n) is 7.05. The van der Waals surface area contributed by atoms with Gasteiger partial charge in [-0.25, -0.2) is 0 Å². The van der Waals surface area contributed by atoms with E-state index in [4.69, 9.17) is 13.1 Å². The van der Waals surface area contributed by atoms with Gasteiger partial charge in [0.05, 0.1) is 18.6 Å². The molecule has 31 heavy (non-hydrogen) atoms. The van der Waals surface area contributed by atoms with Gasteiger partial charge in [0.2, 0.25) is 0 Å². The highest BCUT2D eigenvalue weighted by Gasteiger charge is 2.13. The lowest BCUT2D eigenvalue weighted by Crippen LogP contribution is -2.13. The Hall–Kier alpha value is -2.62. The SMILES string of the molecule is CCCCS(=O)(=O)Oc1cccc(Oc2cccc3cc(COS(C)(=O)=O)ccc23)c1. The van der Waals surface area contributed by atoms with Gasteiger partial charge in [0.25, 0.3) is 10.1 Å². The van der Waals surface area contributed by atoms with Crippen LogP contribution in [-0.2, 0) is 31.0 Å². The van der Waals surface area contributed by atoms with E-state index in [1.54, 1.807) is 30.3 Å². The van der Waals surface area contributed by atoms with E-state index in [0.717, 1.165) is 23.4 Å². The van der Waals surface area contributed by atoms with Crippen molar-refractivity contribution in [3.05, 3.63) is 66.2 Å². The zero-order valence-corrected chi connectivity index (χ0v) is 18.9. The summed E-state index contributed by atoms with van der Waals surface area (Å²) in [6.45, 7) is 1.86. The summed E-state index contributed by atoms with van der Waals surface area (Å²) in [5.74, 6) is 1.15. The van der Waals surface area contributed by atoms with Crippen LogP contribution in [0.5, 0.6) is 17.2 Å². The molecule has 3 aromatic carbocycles. The molecule has 0 aliphatic heterocycles. The van der Waals surface area contributed by atoms with Crippen LogP contribution in [0.3, 0.4) is 0 Å². The summed E-state index contributed by atoms with van der Waals surface area (Å²) in [6.07, 6.45) is 2.30. The second-order valence-corrected chi connectivity index (χ2v) is 10.4. The van der Waals surface area contributed by atoms with E-state index < -0.39 is 20.2 Å². The molecule has 0 saturated carbocycles. The largest absolute Gasteiger partial charge is 0.457 e. The summed E-state index contributed by atoms with van der Waals surface area (Å²) in [4.78, 5) is 0. The quantitative estimate of drug-likeness (QED) is 0.404. The number of hydrogen-bond acceptors (Lipinski definition) is 7. The third-order valence-corrected chi connectivity index (χ3v) is 6.13. The van der Waals surface area contributed by atoms with Crippen LogP contribution in [0.15, 0.2) is 60.7 Å². The van der Waals surface area contributed by atoms with Crippen LogP contribution in [0, 0.1) is 0 Å². The molecule has 0 aliphatic carbocycles. The van der Waals surface area contributed by atoms with E-state index in [9.17, 15) is 16.8 Å². The Morgan fingerprint density at radius 2 is 1.61 bits per heavy atom. The van der Waals surface area contributed by atoms with Crippen molar-refractivity contribution in [1.82, 2.24) is 0 Å². The number of fused-ring (bicyclic) bond motifs is 1. The van der Waals surface area contributed by atoms with Gasteiger partial charge in [-0.3, -0.25) is 4.18 Å². The Labute approximate surface area is 182 Å². The smallest absolute Gasteiger partial charge is 0.309 e. The highest BCUT2D eigenvalue weighted by molar-refractivity contribution is 7.87. The highest BCUT2D eigenvalue weighted by atomic mass is 32.2. The lowest BCUT2D eigenvalue weighted by Gasteiger charge is -2.12. The Kier molecular flexibility index (Phi) is 7.19. The van der Waals surface area contributed by atoms with Gasteiger partial charge in [-0.15, -0.1) is 0 Å². The molecule has 0 saturated heterocycles. The fraction of sp³-hybridized carbons (Fsp3) is 0.273. The van der Waals surface area contributed by atoms with E-state index in [-0.39, 0.29) is 18.1 Å². The molecule has 0 atom stereocenters. The average molecular weight is 465 g/mol. The van der Waals surface area contributed by atoms with Gasteiger partial charge in [-0.05, 0) is 41.6 Å². The van der Waals surface area contributed by atoms with Crippen molar-refractivity contribution in [3.8, 4) is 17.2 Å². The molecule has 0 amide bonds. The number of hydrogen-bond donors (Lipinski definition) is 0. The van der Waals surface area contributed by atoms with Crippen LogP contribution in [0.25, 0.3) is 10.8 Å². The first-order valence-corrected chi connectivity index (χ1v) is 13.1. The van der Waals surface area contributed by atoms with E-state index in [2.05, 4.69) is 0 Å². The van der Waals surface area contributed by atoms with Crippen molar-refractivity contribution in [2.24, 2.45) is 0 Å². The van der Waals surface area contributed by atoms with E-state index in [0.29, 0.717) is 23.5 Å². The molecule has 166 valence electrons. The number of rotatable bonds is 10. The van der Waals surface area contributed by atoms with Crippen LogP contribution in [0.1, 0.15) is 25.3 Å². The minimum atomic E-state index is -3.65. The molecule has 7 nitrogen and oxygen atoms in total. The van der Waals surface area contributed by atoms with Gasteiger partial charge in [0, 0.05) is 11.5 Å². The summed E-state index contributed by atoms with van der Waals surface area (Å²) in [7, 11) is -7.18. The lowest BCUT2D eigenvalue weighted by atomic mass is 10.1. The van der Waals surface area contributed by atoms with Crippen LogP contribution >= 0.6 is 0 Å². The van der Waals surface area contributed by atoms with Crippen molar-refractivity contribution < 1.29 is 29.9 Å². The number of ether oxygens (including phenoxy) is 1. The van der Waals surface area contributed by atoms with Crippen molar-refractivity contribution in [2.75, 3.05) is 12.0 Å². The van der Waals surface area contributed by atoms with Crippen LogP contribution in [-0.4, -0.2) is 28.8 Å². The topological polar surface area (TPSA) is 96.0 Å². The van der Waals surface area contributed by atoms with Crippen molar-refractivity contribution in [2.45, 2.75) is 26.4 Å². The van der Waals surface area contributed by atoms with Gasteiger partial charge >= 0.3 is 10.1 Å². The molecular weight excluding hydrogens is 440 g/mol. The molecule has 0 N–H and O–H groups in total. The maximum atomic E-state index is 12.0. The van der Waals surface area contributed by atoms with E-state index >= 15 is 0 Å². The predicted molar refractivity (Wildman–Crippen MR) is 119 cm³/mol. The predicted octanol–water partition coefficient (Wildman–Crippen LogP) is 4.62. The molecule has 3 rings (SSSR count). The molecule has 0 heterocycles. The first-order valence-electron chi connectivity index (χ1n) is 9.71. The summed E-state index contributed by atoms with van der Waals surface area (Å²) >= 11 is 0. The molecular formula is C22H24O7S2. The first-order chi connectivity index (χ1) is 14.6. The summed E-state index contributed by atoms with van der Waals surface area (Å²) in [5.41, 5.74) is 0.711. The molecule has 9 heteroatoms. The molecule has 0 bridgehead atoms. The maximum Gasteiger partial charge on any atom is 0.309 e. The molecule has 0 radical (unpaired) electrons. The van der Waals surface area contributed by atoms with Gasteiger partial charge in [-0.1, -0.05) is 43.7 Å². The Morgan fingerprint density at radius 1 is 0.871 bits per heavy atom. The summed E-state index contributed by atoms with van der Waals surface area (Å²) < 4.78 is 62.5. The van der Waals surface area contributed by atoms with Crippen LogP contribution in [0.4, 0.5) is 0 Å². The lowest BCUT2D eigenvalue weighted by molar-refractivity contribution is 0.312. The van der Waals surface area contributed by atoms with Crippen molar-refractivity contribution in [3.63, 3.8) is 0 Å². The fourth-order valence-electron chi connectivity index (χ4n) is 2.88. The van der Waals surface area contributed by atoms with Gasteiger partial charge < -0.3 is 8.92 Å². The first kappa shape index (κ1) is 23.1. The minimum absolute atomic E-state index is 0.0384. The van der Waals surface area contributed by atoms with Gasteiger partial charge in [0.1, 0.15) is 17.2 Å². The van der Waals surface area contributed by atoms with E-state index in [1.165, 1.54) is 6.07 Å². The van der Waals surface area contributed by atoms with Crippen LogP contribution < -0.4 is 8.92 Å². The standard InChI is InChI=1S/C22H24O7S2/c1-3-4-13-31(25,26)29-20-9-6-8-19(15-20)28-22-10-5-7-18-14-17(11-12-21(18)22)16-27-30(2,23)24/h5-12,14-15H,3-4,13,16H2,1-2H3. The summed E-state index contributed by atoms with van der Waals surface area (Å²) in [6, 6.07) is 17.4. The molecule has 0 aliphatic rings. The third-order valence-electron chi connectivity index (χ3n) is 4.35. The molecule has 0 spiro atoms. The monoisotopic (exact) mass is 464 g/mol. The summed E-state index contributed by atoms with van der Waals surface area (Å²) in [5, 5.41) is 1.66. The number of unbranched alkanes of at least 4 members (excludes halogenated alkanes) is 1. The third kappa shape index (κ3) is 6.95. The zero-order chi connectivity index (χ0) is 22.5. The Morgan fingerprint density at radius 3 is 2.35 bits per heavy atom. The van der Waals surface area contributed by atoms with Gasteiger partial charge in [-0.2, -0.15) is 16.8 Å². The molecule has 3 aromatic rings. The Bertz CT molecular complexity index is 1270. The average Bonchev–Trinajstić information content (AvgIpc) is 2.70. The zero-order valence-electron chi connectivity index (χ0n) is 17.3. The minimum Gasteiger partial charge on any atom is -0.457 e. The van der Waals surface area contributed by atoms with Gasteiger partial charge in [0.15, 0.2) is 0 Å². The normalized spacial score (nSPS) is 12.1. The molecule has 0 unspecified atom stereocenters. The Balaban J connectivity index is 1.80. The van der Waals surface area contributed by atoms with Crippen molar-refractivity contribution >= 4 is 31.0 Å². The van der Waals surface area contributed by atoms with Crippen molar-refractivity contribution in [1.29, 1.82) is 0 Å².